The van der Waals surface area contributed by atoms with E-state index in [1.54, 1.807) is 0 Å². The van der Waals surface area contributed by atoms with Crippen molar-refractivity contribution < 1.29 is 4.42 Å². The van der Waals surface area contributed by atoms with Crippen LogP contribution >= 0.6 is 35.1 Å². The Hall–Kier alpha value is -0.330. The smallest absolute Gasteiger partial charge is 0.134 e. The molecule has 0 aliphatic carbocycles. The second kappa shape index (κ2) is 6.42. The van der Waals surface area contributed by atoms with Crippen molar-refractivity contribution in [3.8, 4) is 0 Å². The lowest BCUT2D eigenvalue weighted by molar-refractivity contribution is 0.435. The van der Waals surface area contributed by atoms with Gasteiger partial charge >= 0.3 is 0 Å². The maximum absolute atomic E-state index is 6.04. The van der Waals surface area contributed by atoms with Crippen LogP contribution in [0, 0.1) is 0 Å². The van der Waals surface area contributed by atoms with E-state index >= 15 is 0 Å². The summed E-state index contributed by atoms with van der Waals surface area (Å²) in [6.45, 7) is 4.56. The van der Waals surface area contributed by atoms with Crippen LogP contribution in [0.15, 0.2) is 28.7 Å². The molecule has 6 heteroatoms. The van der Waals surface area contributed by atoms with Crippen LogP contribution in [0.1, 0.15) is 25.6 Å². The molecule has 2 heterocycles. The Balaban J connectivity index is 1.87. The summed E-state index contributed by atoms with van der Waals surface area (Å²) >= 11 is 10.0. The molecule has 0 radical (unpaired) electrons. The van der Waals surface area contributed by atoms with Gasteiger partial charge in [-0.2, -0.15) is 23.5 Å². The highest BCUT2D eigenvalue weighted by Gasteiger charge is 2.33. The lowest BCUT2D eigenvalue weighted by atomic mass is 10.1. The number of hydrogen-bond acceptors (Lipinski definition) is 5. The first-order chi connectivity index (χ1) is 10.1. The van der Waals surface area contributed by atoms with Crippen LogP contribution in [0.25, 0.3) is 11.0 Å². The molecule has 114 valence electrons. The zero-order chi connectivity index (χ0) is 15.0. The molecular formula is C15H19ClN2OS2. The zero-order valence-corrected chi connectivity index (χ0v) is 14.4. The fourth-order valence-corrected chi connectivity index (χ4v) is 5.80. The molecule has 3 N–H and O–H groups in total. The van der Waals surface area contributed by atoms with E-state index in [1.807, 2.05) is 47.8 Å². The maximum Gasteiger partial charge on any atom is 0.134 e. The van der Waals surface area contributed by atoms with Crippen molar-refractivity contribution >= 4 is 46.1 Å². The van der Waals surface area contributed by atoms with Gasteiger partial charge in [0, 0.05) is 31.9 Å². The molecule has 1 saturated heterocycles. The molecule has 1 aliphatic rings. The van der Waals surface area contributed by atoms with Crippen LogP contribution in [0.3, 0.4) is 0 Å². The fourth-order valence-electron chi connectivity index (χ4n) is 2.54. The van der Waals surface area contributed by atoms with E-state index in [2.05, 4.69) is 19.3 Å². The minimum absolute atomic E-state index is 0.0172. The number of rotatable bonds is 3. The fraction of sp³-hybridized carbons (Fsp3) is 0.467. The first-order valence-corrected chi connectivity index (χ1v) is 9.37. The topological polar surface area (TPSA) is 51.2 Å². The number of halogens is 1. The third-order valence-corrected chi connectivity index (χ3v) is 7.66. The van der Waals surface area contributed by atoms with Crippen molar-refractivity contribution in [3.05, 3.63) is 35.0 Å². The summed E-state index contributed by atoms with van der Waals surface area (Å²) in [6.07, 6.45) is 0. The number of thioether (sulfide) groups is 2. The van der Waals surface area contributed by atoms with Gasteiger partial charge in [0.05, 0.1) is 6.04 Å². The SMILES string of the molecule is CC1SCC(C(NN)c2cc3cc(Cl)ccc3o2)SC1C. The third-order valence-electron chi connectivity index (χ3n) is 3.93. The monoisotopic (exact) mass is 342 g/mol. The summed E-state index contributed by atoms with van der Waals surface area (Å²) in [5.74, 6) is 7.76. The van der Waals surface area contributed by atoms with Crippen molar-refractivity contribution in [1.82, 2.24) is 5.43 Å². The second-order valence-corrected chi connectivity index (χ2v) is 8.86. The second-order valence-electron chi connectivity index (χ2n) is 5.39. The highest BCUT2D eigenvalue weighted by Crippen LogP contribution is 2.41. The van der Waals surface area contributed by atoms with Crippen LogP contribution in [0.5, 0.6) is 0 Å². The normalized spacial score (nSPS) is 27.9. The van der Waals surface area contributed by atoms with Crippen LogP contribution in [0.4, 0.5) is 0 Å². The van der Waals surface area contributed by atoms with E-state index in [0.29, 0.717) is 15.7 Å². The highest BCUT2D eigenvalue weighted by atomic mass is 35.5. The van der Waals surface area contributed by atoms with E-state index in [4.69, 9.17) is 21.9 Å². The van der Waals surface area contributed by atoms with Crippen molar-refractivity contribution in [1.29, 1.82) is 0 Å². The minimum Gasteiger partial charge on any atom is -0.459 e. The number of hydrazine groups is 1. The molecule has 1 fully saturated rings. The molecule has 4 atom stereocenters. The maximum atomic E-state index is 6.04. The zero-order valence-electron chi connectivity index (χ0n) is 12.0. The van der Waals surface area contributed by atoms with Gasteiger partial charge in [-0.1, -0.05) is 25.4 Å². The standard InChI is InChI=1S/C15H19ClN2OS2/c1-8-9(2)21-14(7-20-8)15(18-17)13-6-10-5-11(16)3-4-12(10)19-13/h3-6,8-9,14-15,18H,7,17H2,1-2H3. The number of benzene rings is 1. The molecule has 2 aromatic rings. The number of nitrogens with two attached hydrogens (primary N) is 1. The molecule has 3 nitrogen and oxygen atoms in total. The molecule has 1 aromatic carbocycles. The number of fused-ring (bicyclic) bond motifs is 1. The van der Waals surface area contributed by atoms with Gasteiger partial charge in [0.2, 0.25) is 0 Å². The van der Waals surface area contributed by atoms with Gasteiger partial charge in [0.1, 0.15) is 11.3 Å². The van der Waals surface area contributed by atoms with Crippen LogP contribution in [0.2, 0.25) is 5.02 Å². The van der Waals surface area contributed by atoms with Gasteiger partial charge in [0.15, 0.2) is 0 Å². The predicted octanol–water partition coefficient (Wildman–Crippen LogP) is 4.22. The molecule has 21 heavy (non-hydrogen) atoms. The van der Waals surface area contributed by atoms with Crippen LogP contribution in [-0.4, -0.2) is 21.5 Å². The molecule has 4 unspecified atom stereocenters. The molecule has 1 aromatic heterocycles. The average Bonchev–Trinajstić information content (AvgIpc) is 2.86. The van der Waals surface area contributed by atoms with Gasteiger partial charge in [-0.25, -0.2) is 5.43 Å². The van der Waals surface area contributed by atoms with Gasteiger partial charge in [-0.05, 0) is 24.3 Å². The first kappa shape index (κ1) is 15.6. The molecule has 3 rings (SSSR count). The molecule has 0 bridgehead atoms. The lowest BCUT2D eigenvalue weighted by Gasteiger charge is -2.34. The van der Waals surface area contributed by atoms with Gasteiger partial charge in [-0.3, -0.25) is 5.84 Å². The van der Waals surface area contributed by atoms with Gasteiger partial charge in [-0.15, -0.1) is 0 Å². The largest absolute Gasteiger partial charge is 0.459 e. The summed E-state index contributed by atoms with van der Waals surface area (Å²) in [6, 6.07) is 7.73. The summed E-state index contributed by atoms with van der Waals surface area (Å²) in [5.41, 5.74) is 3.79. The third kappa shape index (κ3) is 3.22. The lowest BCUT2D eigenvalue weighted by Crippen LogP contribution is -2.40. The summed E-state index contributed by atoms with van der Waals surface area (Å²) in [4.78, 5) is 0. The molecule has 0 saturated carbocycles. The first-order valence-electron chi connectivity index (χ1n) is 7.00. The highest BCUT2D eigenvalue weighted by molar-refractivity contribution is 8.07. The average molecular weight is 343 g/mol. The predicted molar refractivity (Wildman–Crippen MR) is 94.0 cm³/mol. The van der Waals surface area contributed by atoms with Gasteiger partial charge < -0.3 is 4.42 Å². The van der Waals surface area contributed by atoms with Crippen molar-refractivity contribution in [3.63, 3.8) is 0 Å². The quantitative estimate of drug-likeness (QED) is 0.646. The summed E-state index contributed by atoms with van der Waals surface area (Å²) < 4.78 is 5.97. The Labute approximate surface area is 138 Å². The van der Waals surface area contributed by atoms with E-state index in [1.165, 1.54) is 0 Å². The summed E-state index contributed by atoms with van der Waals surface area (Å²) in [7, 11) is 0. The number of nitrogens with one attached hydrogen (secondary N) is 1. The van der Waals surface area contributed by atoms with Crippen LogP contribution < -0.4 is 11.3 Å². The van der Waals surface area contributed by atoms with Crippen LogP contribution in [-0.2, 0) is 0 Å². The molecule has 1 aliphatic heterocycles. The van der Waals surface area contributed by atoms with Crippen molar-refractivity contribution in [2.24, 2.45) is 5.84 Å². The molecule has 0 spiro atoms. The van der Waals surface area contributed by atoms with E-state index in [0.717, 1.165) is 27.5 Å². The van der Waals surface area contributed by atoms with Crippen molar-refractivity contribution in [2.75, 3.05) is 5.75 Å². The Morgan fingerprint density at radius 1 is 1.33 bits per heavy atom. The summed E-state index contributed by atoms with van der Waals surface area (Å²) in [5, 5.41) is 3.44. The Bertz CT molecular complexity index is 633. The number of hydrogen-bond donors (Lipinski definition) is 2. The minimum atomic E-state index is 0.0172. The number of furan rings is 1. The molecule has 0 amide bonds. The Morgan fingerprint density at radius 2 is 2.14 bits per heavy atom. The Morgan fingerprint density at radius 3 is 2.86 bits per heavy atom. The van der Waals surface area contributed by atoms with Gasteiger partial charge in [0.25, 0.3) is 0 Å². The molecular weight excluding hydrogens is 324 g/mol. The van der Waals surface area contributed by atoms with E-state index in [9.17, 15) is 0 Å². The Kier molecular flexibility index (Phi) is 4.76. The van der Waals surface area contributed by atoms with E-state index < -0.39 is 0 Å². The van der Waals surface area contributed by atoms with Crippen molar-refractivity contribution in [2.45, 2.75) is 35.6 Å². The van der Waals surface area contributed by atoms with E-state index in [-0.39, 0.29) is 6.04 Å².